The Balaban J connectivity index is 1.41. The number of carbonyl (C=O) groups is 1. The van der Waals surface area contributed by atoms with Crippen molar-refractivity contribution in [3.63, 3.8) is 0 Å². The van der Waals surface area contributed by atoms with Gasteiger partial charge >= 0.3 is 5.69 Å². The molecule has 4 rings (SSSR count). The standard InChI is InChI=1S/C19H20N4O2/c24-18(12-13-3-8-16-17(11-13)22-19(25)21-16)20-14-4-6-15(7-5-14)23-9-1-2-10-23/h3-8,11H,1-2,9-10,12H2,(H,20,24)(H2,21,22,25). The second-order valence-corrected chi connectivity index (χ2v) is 6.43. The number of carbonyl (C=O) groups excluding carboxylic acids is 1. The molecule has 0 radical (unpaired) electrons. The molecule has 0 spiro atoms. The number of hydrogen-bond acceptors (Lipinski definition) is 3. The number of nitrogens with zero attached hydrogens (tertiary/aromatic N) is 1. The van der Waals surface area contributed by atoms with Crippen LogP contribution in [0.15, 0.2) is 47.3 Å². The van der Waals surface area contributed by atoms with E-state index >= 15 is 0 Å². The van der Waals surface area contributed by atoms with Crippen LogP contribution in [-0.4, -0.2) is 29.0 Å². The van der Waals surface area contributed by atoms with E-state index in [0.717, 1.165) is 29.9 Å². The van der Waals surface area contributed by atoms with Crippen LogP contribution >= 0.6 is 0 Å². The lowest BCUT2D eigenvalue weighted by atomic mass is 10.1. The number of amides is 1. The highest BCUT2D eigenvalue weighted by molar-refractivity contribution is 5.93. The second kappa shape index (κ2) is 6.47. The molecule has 1 aliphatic heterocycles. The second-order valence-electron chi connectivity index (χ2n) is 6.43. The quantitative estimate of drug-likeness (QED) is 0.685. The lowest BCUT2D eigenvalue weighted by Crippen LogP contribution is -2.18. The molecule has 2 aromatic carbocycles. The van der Waals surface area contributed by atoms with E-state index in [0.29, 0.717) is 5.52 Å². The van der Waals surface area contributed by atoms with Crippen LogP contribution in [0, 0.1) is 0 Å². The Morgan fingerprint density at radius 1 is 1.00 bits per heavy atom. The van der Waals surface area contributed by atoms with Crippen molar-refractivity contribution in [1.29, 1.82) is 0 Å². The highest BCUT2D eigenvalue weighted by atomic mass is 16.1. The SMILES string of the molecule is O=C(Cc1ccc2[nH]c(=O)[nH]c2c1)Nc1ccc(N2CCCC2)cc1. The van der Waals surface area contributed by atoms with Crippen LogP contribution in [0.25, 0.3) is 11.0 Å². The maximum atomic E-state index is 12.3. The molecule has 0 aliphatic carbocycles. The van der Waals surface area contributed by atoms with Gasteiger partial charge in [-0.3, -0.25) is 4.79 Å². The molecular formula is C19H20N4O2. The van der Waals surface area contributed by atoms with Gasteiger partial charge in [0.15, 0.2) is 0 Å². The molecule has 25 heavy (non-hydrogen) atoms. The number of aromatic amines is 2. The van der Waals surface area contributed by atoms with Gasteiger partial charge < -0.3 is 20.2 Å². The highest BCUT2D eigenvalue weighted by Crippen LogP contribution is 2.22. The van der Waals surface area contributed by atoms with E-state index in [4.69, 9.17) is 0 Å². The van der Waals surface area contributed by atoms with E-state index < -0.39 is 0 Å². The van der Waals surface area contributed by atoms with Gasteiger partial charge in [0.05, 0.1) is 17.5 Å². The number of hydrogen-bond donors (Lipinski definition) is 3. The predicted octanol–water partition coefficient (Wildman–Crippen LogP) is 2.64. The number of H-pyrrole nitrogens is 2. The van der Waals surface area contributed by atoms with Crippen molar-refractivity contribution in [2.75, 3.05) is 23.3 Å². The van der Waals surface area contributed by atoms with Crippen LogP contribution in [-0.2, 0) is 11.2 Å². The van der Waals surface area contributed by atoms with Crippen LogP contribution in [0.5, 0.6) is 0 Å². The fourth-order valence-corrected chi connectivity index (χ4v) is 3.31. The largest absolute Gasteiger partial charge is 0.372 e. The first-order valence-corrected chi connectivity index (χ1v) is 8.53. The van der Waals surface area contributed by atoms with Crippen LogP contribution < -0.4 is 15.9 Å². The molecule has 0 unspecified atom stereocenters. The van der Waals surface area contributed by atoms with Gasteiger partial charge in [0, 0.05) is 24.5 Å². The summed E-state index contributed by atoms with van der Waals surface area (Å²) in [5, 5.41) is 2.92. The van der Waals surface area contributed by atoms with Gasteiger partial charge in [-0.25, -0.2) is 4.79 Å². The van der Waals surface area contributed by atoms with Crippen LogP contribution in [0.1, 0.15) is 18.4 Å². The summed E-state index contributed by atoms with van der Waals surface area (Å²) < 4.78 is 0. The number of fused-ring (bicyclic) bond motifs is 1. The molecule has 0 saturated carbocycles. The van der Waals surface area contributed by atoms with E-state index in [9.17, 15) is 9.59 Å². The van der Waals surface area contributed by atoms with Crippen LogP contribution in [0.3, 0.4) is 0 Å². The zero-order chi connectivity index (χ0) is 17.2. The van der Waals surface area contributed by atoms with Gasteiger partial charge in [0.2, 0.25) is 5.91 Å². The topological polar surface area (TPSA) is 81.0 Å². The van der Waals surface area contributed by atoms with Crippen molar-refractivity contribution in [3.8, 4) is 0 Å². The summed E-state index contributed by atoms with van der Waals surface area (Å²) in [5.74, 6) is -0.0776. The van der Waals surface area contributed by atoms with Crippen LogP contribution in [0.2, 0.25) is 0 Å². The van der Waals surface area contributed by atoms with Gasteiger partial charge in [-0.05, 0) is 54.8 Å². The van der Waals surface area contributed by atoms with Crippen molar-refractivity contribution in [3.05, 3.63) is 58.5 Å². The van der Waals surface area contributed by atoms with Crippen molar-refractivity contribution in [2.24, 2.45) is 0 Å². The molecule has 128 valence electrons. The summed E-state index contributed by atoms with van der Waals surface area (Å²) in [6.07, 6.45) is 2.75. The molecule has 1 amide bonds. The molecule has 1 saturated heterocycles. The van der Waals surface area contributed by atoms with Gasteiger partial charge in [0.1, 0.15) is 0 Å². The number of nitrogens with one attached hydrogen (secondary N) is 3. The smallest absolute Gasteiger partial charge is 0.323 e. The maximum Gasteiger partial charge on any atom is 0.323 e. The Morgan fingerprint density at radius 3 is 2.48 bits per heavy atom. The summed E-state index contributed by atoms with van der Waals surface area (Å²) >= 11 is 0. The van der Waals surface area contributed by atoms with E-state index in [2.05, 4.69) is 32.3 Å². The molecule has 2 heterocycles. The third-order valence-electron chi connectivity index (χ3n) is 4.57. The number of anilines is 2. The van der Waals surface area contributed by atoms with Gasteiger partial charge in [-0.15, -0.1) is 0 Å². The molecule has 1 aliphatic rings. The number of imidazole rings is 1. The molecular weight excluding hydrogens is 316 g/mol. The Morgan fingerprint density at radius 2 is 1.72 bits per heavy atom. The summed E-state index contributed by atoms with van der Waals surface area (Å²) in [4.78, 5) is 31.3. The predicted molar refractivity (Wildman–Crippen MR) is 99.1 cm³/mol. The molecule has 1 fully saturated rings. The van der Waals surface area contributed by atoms with E-state index in [1.54, 1.807) is 6.07 Å². The number of benzene rings is 2. The highest BCUT2D eigenvalue weighted by Gasteiger charge is 2.12. The van der Waals surface area contributed by atoms with Gasteiger partial charge in [-0.1, -0.05) is 6.07 Å². The molecule has 6 nitrogen and oxygen atoms in total. The van der Waals surface area contributed by atoms with Crippen molar-refractivity contribution in [1.82, 2.24) is 9.97 Å². The van der Waals surface area contributed by atoms with E-state index in [1.165, 1.54) is 18.5 Å². The zero-order valence-electron chi connectivity index (χ0n) is 13.8. The Kier molecular flexibility index (Phi) is 4.01. The molecule has 0 atom stereocenters. The fourth-order valence-electron chi connectivity index (χ4n) is 3.31. The minimum absolute atomic E-state index is 0.0776. The summed E-state index contributed by atoms with van der Waals surface area (Å²) in [7, 11) is 0. The summed E-state index contributed by atoms with van der Waals surface area (Å²) in [5.41, 5.74) is 4.07. The van der Waals surface area contributed by atoms with Crippen molar-refractivity contribution >= 4 is 28.3 Å². The first kappa shape index (κ1) is 15.5. The average Bonchev–Trinajstić information content (AvgIpc) is 3.23. The first-order chi connectivity index (χ1) is 12.2. The van der Waals surface area contributed by atoms with E-state index in [1.807, 2.05) is 24.3 Å². The lowest BCUT2D eigenvalue weighted by Gasteiger charge is -2.17. The van der Waals surface area contributed by atoms with Gasteiger partial charge in [0.25, 0.3) is 0 Å². The molecule has 3 aromatic rings. The summed E-state index contributed by atoms with van der Waals surface area (Å²) in [6, 6.07) is 13.5. The normalized spacial score (nSPS) is 14.2. The Labute approximate surface area is 144 Å². The molecule has 6 heteroatoms. The third-order valence-corrected chi connectivity index (χ3v) is 4.57. The first-order valence-electron chi connectivity index (χ1n) is 8.53. The third kappa shape index (κ3) is 3.42. The average molecular weight is 336 g/mol. The zero-order valence-corrected chi connectivity index (χ0v) is 13.8. The number of rotatable bonds is 4. The van der Waals surface area contributed by atoms with Crippen molar-refractivity contribution in [2.45, 2.75) is 19.3 Å². The lowest BCUT2D eigenvalue weighted by molar-refractivity contribution is -0.115. The minimum Gasteiger partial charge on any atom is -0.372 e. The molecule has 3 N–H and O–H groups in total. The fraction of sp³-hybridized carbons (Fsp3) is 0.263. The Bertz CT molecular complexity index is 949. The minimum atomic E-state index is -0.241. The maximum absolute atomic E-state index is 12.3. The van der Waals surface area contributed by atoms with Crippen molar-refractivity contribution < 1.29 is 4.79 Å². The monoisotopic (exact) mass is 336 g/mol. The van der Waals surface area contributed by atoms with Gasteiger partial charge in [-0.2, -0.15) is 0 Å². The molecule has 1 aromatic heterocycles. The number of aromatic nitrogens is 2. The summed E-state index contributed by atoms with van der Waals surface area (Å²) in [6.45, 7) is 2.21. The Hall–Kier alpha value is -3.02. The van der Waals surface area contributed by atoms with E-state index in [-0.39, 0.29) is 18.0 Å². The van der Waals surface area contributed by atoms with Crippen LogP contribution in [0.4, 0.5) is 11.4 Å². The molecule has 0 bridgehead atoms.